The molecule has 82 valence electrons. The number of rotatable bonds is 1. The van der Waals surface area contributed by atoms with Crippen molar-refractivity contribution in [1.29, 1.82) is 0 Å². The van der Waals surface area contributed by atoms with Crippen LogP contribution >= 0.6 is 0 Å². The summed E-state index contributed by atoms with van der Waals surface area (Å²) in [5.74, 6) is 0. The smallest absolute Gasteiger partial charge is 0.328 e. The van der Waals surface area contributed by atoms with Gasteiger partial charge in [-0.15, -0.1) is 0 Å². The molecule has 0 radical (unpaired) electrons. The zero-order valence-corrected chi connectivity index (χ0v) is 8.48. The standard InChI is InChI=1S/C10H15N3O2/c11-7-2-1-3-8(6-7)13-9(14)4-5-12-10(13)15/h4-5,7-8H,1-3,6,11H2,(H,12,15). The highest BCUT2D eigenvalue weighted by Gasteiger charge is 2.22. The second-order valence-corrected chi connectivity index (χ2v) is 4.07. The van der Waals surface area contributed by atoms with Gasteiger partial charge in [-0.2, -0.15) is 0 Å². The molecule has 0 bridgehead atoms. The normalized spacial score (nSPS) is 26.5. The van der Waals surface area contributed by atoms with Gasteiger partial charge in [0.2, 0.25) is 0 Å². The lowest BCUT2D eigenvalue weighted by Crippen LogP contribution is -2.41. The summed E-state index contributed by atoms with van der Waals surface area (Å²) in [7, 11) is 0. The Morgan fingerprint density at radius 1 is 1.40 bits per heavy atom. The molecule has 2 unspecified atom stereocenters. The summed E-state index contributed by atoms with van der Waals surface area (Å²) in [4.78, 5) is 25.6. The van der Waals surface area contributed by atoms with Crippen LogP contribution in [0.1, 0.15) is 31.7 Å². The molecule has 3 N–H and O–H groups in total. The molecular weight excluding hydrogens is 194 g/mol. The summed E-state index contributed by atoms with van der Waals surface area (Å²) in [5.41, 5.74) is 5.27. The van der Waals surface area contributed by atoms with E-state index >= 15 is 0 Å². The number of nitrogens with zero attached hydrogens (tertiary/aromatic N) is 1. The first-order valence-corrected chi connectivity index (χ1v) is 5.24. The molecule has 1 aliphatic carbocycles. The molecule has 1 aliphatic rings. The number of aromatic amines is 1. The van der Waals surface area contributed by atoms with E-state index in [1.807, 2.05) is 0 Å². The highest BCUT2D eigenvalue weighted by molar-refractivity contribution is 4.89. The Labute approximate surface area is 86.9 Å². The minimum atomic E-state index is -0.332. The van der Waals surface area contributed by atoms with Gasteiger partial charge in [0.1, 0.15) is 0 Å². The number of nitrogens with one attached hydrogen (secondary N) is 1. The third-order valence-corrected chi connectivity index (χ3v) is 2.94. The van der Waals surface area contributed by atoms with Gasteiger partial charge in [-0.25, -0.2) is 4.79 Å². The fourth-order valence-corrected chi connectivity index (χ4v) is 2.22. The van der Waals surface area contributed by atoms with Gasteiger partial charge in [-0.3, -0.25) is 9.36 Å². The van der Waals surface area contributed by atoms with E-state index in [1.54, 1.807) is 0 Å². The molecule has 1 aromatic heterocycles. The summed E-state index contributed by atoms with van der Waals surface area (Å²) in [6.07, 6.45) is 4.92. The molecule has 15 heavy (non-hydrogen) atoms. The van der Waals surface area contributed by atoms with Crippen molar-refractivity contribution in [2.75, 3.05) is 0 Å². The van der Waals surface area contributed by atoms with Crippen LogP contribution in [0.3, 0.4) is 0 Å². The van der Waals surface area contributed by atoms with Crippen LogP contribution in [0.4, 0.5) is 0 Å². The molecule has 0 aliphatic heterocycles. The molecule has 5 heteroatoms. The number of nitrogens with two attached hydrogens (primary N) is 1. The molecule has 1 aromatic rings. The van der Waals surface area contributed by atoms with E-state index in [0.29, 0.717) is 6.42 Å². The monoisotopic (exact) mass is 209 g/mol. The number of aromatic nitrogens is 2. The predicted octanol–water partition coefficient (Wildman–Crippen LogP) is -0.0210. The zero-order valence-electron chi connectivity index (χ0n) is 8.48. The molecule has 2 atom stereocenters. The highest BCUT2D eigenvalue weighted by Crippen LogP contribution is 2.24. The van der Waals surface area contributed by atoms with Crippen LogP contribution in [-0.2, 0) is 0 Å². The fourth-order valence-electron chi connectivity index (χ4n) is 2.22. The van der Waals surface area contributed by atoms with Crippen LogP contribution in [0, 0.1) is 0 Å². The third-order valence-electron chi connectivity index (χ3n) is 2.94. The van der Waals surface area contributed by atoms with Crippen molar-refractivity contribution < 1.29 is 0 Å². The van der Waals surface area contributed by atoms with Gasteiger partial charge in [-0.05, 0) is 25.7 Å². The van der Waals surface area contributed by atoms with Crippen molar-refractivity contribution in [3.8, 4) is 0 Å². The summed E-state index contributed by atoms with van der Waals surface area (Å²) < 4.78 is 1.29. The Balaban J connectivity index is 2.36. The molecule has 5 nitrogen and oxygen atoms in total. The van der Waals surface area contributed by atoms with Crippen LogP contribution in [0.15, 0.2) is 21.9 Å². The molecular formula is C10H15N3O2. The van der Waals surface area contributed by atoms with Gasteiger partial charge in [0.05, 0.1) is 0 Å². The lowest BCUT2D eigenvalue weighted by atomic mass is 9.91. The summed E-state index contributed by atoms with van der Waals surface area (Å²) in [5, 5.41) is 0. The summed E-state index contributed by atoms with van der Waals surface area (Å²) in [6.45, 7) is 0. The van der Waals surface area contributed by atoms with Crippen LogP contribution in [-0.4, -0.2) is 15.6 Å². The Hall–Kier alpha value is -1.36. The zero-order chi connectivity index (χ0) is 10.8. The van der Waals surface area contributed by atoms with E-state index in [2.05, 4.69) is 4.98 Å². The summed E-state index contributed by atoms with van der Waals surface area (Å²) >= 11 is 0. The Bertz CT molecular complexity index is 420. The lowest BCUT2D eigenvalue weighted by Gasteiger charge is -2.27. The SMILES string of the molecule is NC1CCCC(n2c(=O)cc[nH]c2=O)C1. The van der Waals surface area contributed by atoms with Crippen molar-refractivity contribution in [2.24, 2.45) is 5.73 Å². The second kappa shape index (κ2) is 4.02. The van der Waals surface area contributed by atoms with Gasteiger partial charge in [0, 0.05) is 24.3 Å². The second-order valence-electron chi connectivity index (χ2n) is 4.07. The first kappa shape index (κ1) is 10.2. The average Bonchev–Trinajstić information content (AvgIpc) is 2.17. The topological polar surface area (TPSA) is 80.9 Å². The minimum Gasteiger partial charge on any atom is -0.328 e. The van der Waals surface area contributed by atoms with Crippen molar-refractivity contribution in [3.63, 3.8) is 0 Å². The molecule has 0 aromatic carbocycles. The fraction of sp³-hybridized carbons (Fsp3) is 0.600. The first-order chi connectivity index (χ1) is 7.18. The average molecular weight is 209 g/mol. The Kier molecular flexibility index (Phi) is 2.73. The Morgan fingerprint density at radius 3 is 2.87 bits per heavy atom. The number of hydrogen-bond acceptors (Lipinski definition) is 3. The largest absolute Gasteiger partial charge is 0.328 e. The number of H-pyrrole nitrogens is 1. The molecule has 0 amide bonds. The summed E-state index contributed by atoms with van der Waals surface area (Å²) in [6, 6.07) is 1.45. The van der Waals surface area contributed by atoms with E-state index in [1.165, 1.54) is 16.8 Å². The van der Waals surface area contributed by atoms with Crippen molar-refractivity contribution in [2.45, 2.75) is 37.8 Å². The van der Waals surface area contributed by atoms with Gasteiger partial charge in [0.25, 0.3) is 5.56 Å². The molecule has 1 saturated carbocycles. The van der Waals surface area contributed by atoms with Gasteiger partial charge >= 0.3 is 5.69 Å². The number of hydrogen-bond donors (Lipinski definition) is 2. The van der Waals surface area contributed by atoms with E-state index in [0.717, 1.165) is 19.3 Å². The quantitative estimate of drug-likeness (QED) is 0.682. The predicted molar refractivity (Wildman–Crippen MR) is 56.8 cm³/mol. The van der Waals surface area contributed by atoms with Crippen LogP contribution in [0.5, 0.6) is 0 Å². The first-order valence-electron chi connectivity index (χ1n) is 5.24. The maximum Gasteiger partial charge on any atom is 0.328 e. The molecule has 0 spiro atoms. The van der Waals surface area contributed by atoms with Crippen molar-refractivity contribution in [1.82, 2.24) is 9.55 Å². The molecule has 1 heterocycles. The van der Waals surface area contributed by atoms with E-state index in [-0.39, 0.29) is 23.3 Å². The van der Waals surface area contributed by atoms with Crippen molar-refractivity contribution >= 4 is 0 Å². The lowest BCUT2D eigenvalue weighted by molar-refractivity contribution is 0.306. The molecule has 2 rings (SSSR count). The van der Waals surface area contributed by atoms with E-state index in [9.17, 15) is 9.59 Å². The van der Waals surface area contributed by atoms with Gasteiger partial charge in [-0.1, -0.05) is 0 Å². The van der Waals surface area contributed by atoms with Crippen LogP contribution in [0.2, 0.25) is 0 Å². The van der Waals surface area contributed by atoms with Crippen molar-refractivity contribution in [3.05, 3.63) is 33.1 Å². The van der Waals surface area contributed by atoms with Crippen LogP contribution < -0.4 is 17.0 Å². The van der Waals surface area contributed by atoms with Gasteiger partial charge < -0.3 is 10.7 Å². The minimum absolute atomic E-state index is 0.0359. The Morgan fingerprint density at radius 2 is 2.20 bits per heavy atom. The third kappa shape index (κ3) is 2.02. The maximum absolute atomic E-state index is 11.5. The maximum atomic E-state index is 11.5. The molecule has 1 fully saturated rings. The highest BCUT2D eigenvalue weighted by atomic mass is 16.2. The van der Waals surface area contributed by atoms with Gasteiger partial charge in [0.15, 0.2) is 0 Å². The van der Waals surface area contributed by atoms with Crippen LogP contribution in [0.25, 0.3) is 0 Å². The van der Waals surface area contributed by atoms with E-state index < -0.39 is 0 Å². The molecule has 0 saturated heterocycles. The van der Waals surface area contributed by atoms with E-state index in [4.69, 9.17) is 5.73 Å².